The molecule has 1 aromatic rings. The molecule has 1 aliphatic carbocycles. The van der Waals surface area contributed by atoms with E-state index in [0.717, 1.165) is 0 Å². The molecule has 0 aromatic heterocycles. The number of ketones is 1. The van der Waals surface area contributed by atoms with Gasteiger partial charge in [0.15, 0.2) is 11.5 Å². The fourth-order valence-electron chi connectivity index (χ4n) is 2.47. The number of rotatable bonds is 5. The number of carbonyl (C=O) groups excluding carboxylic acids is 1. The van der Waals surface area contributed by atoms with Crippen LogP contribution in [-0.4, -0.2) is 26.5 Å². The maximum atomic E-state index is 12.6. The lowest BCUT2D eigenvalue weighted by atomic mass is 9.90. The van der Waals surface area contributed by atoms with Crippen LogP contribution in [0.3, 0.4) is 0 Å². The summed E-state index contributed by atoms with van der Waals surface area (Å²) in [5, 5.41) is 0. The molecule has 0 unspecified atom stereocenters. The van der Waals surface area contributed by atoms with E-state index in [9.17, 15) is 13.2 Å². The van der Waals surface area contributed by atoms with Crippen LogP contribution < -0.4 is 4.72 Å². The quantitative estimate of drug-likeness (QED) is 0.844. The molecule has 2 rings (SSSR count). The number of hydrogen-bond acceptors (Lipinski definition) is 4. The molecule has 0 saturated carbocycles. The molecule has 118 valence electrons. The van der Waals surface area contributed by atoms with Crippen molar-refractivity contribution in [3.05, 3.63) is 53.6 Å². The molecule has 6 heteroatoms. The molecule has 0 fully saturated rings. The minimum atomic E-state index is -3.79. The number of sulfonamides is 1. The van der Waals surface area contributed by atoms with E-state index in [0.29, 0.717) is 17.8 Å². The largest absolute Gasteiger partial charge is 0.352 e. The SMILES string of the molecule is CCOC1(NS(=O)(=O)c2ccccc2)C(C)=CC(=O)C=C1C. The Morgan fingerprint density at radius 2 is 1.64 bits per heavy atom. The smallest absolute Gasteiger partial charge is 0.243 e. The van der Waals surface area contributed by atoms with Crippen molar-refractivity contribution in [2.24, 2.45) is 0 Å². The molecular formula is C16H19NO4S. The summed E-state index contributed by atoms with van der Waals surface area (Å²) in [7, 11) is -3.79. The van der Waals surface area contributed by atoms with Crippen molar-refractivity contribution in [3.63, 3.8) is 0 Å². The average molecular weight is 321 g/mol. The first kappa shape index (κ1) is 16.6. The third-order valence-electron chi connectivity index (χ3n) is 3.52. The maximum absolute atomic E-state index is 12.6. The predicted octanol–water partition coefficient (Wildman–Crippen LogP) is 2.17. The summed E-state index contributed by atoms with van der Waals surface area (Å²) in [6.45, 7) is 5.42. The van der Waals surface area contributed by atoms with E-state index in [1.807, 2.05) is 0 Å². The molecule has 0 saturated heterocycles. The Morgan fingerprint density at radius 3 is 2.14 bits per heavy atom. The van der Waals surface area contributed by atoms with Gasteiger partial charge in [-0.3, -0.25) is 4.79 Å². The highest BCUT2D eigenvalue weighted by Crippen LogP contribution is 2.32. The van der Waals surface area contributed by atoms with Crippen LogP contribution in [0.25, 0.3) is 0 Å². The van der Waals surface area contributed by atoms with Crippen molar-refractivity contribution in [1.29, 1.82) is 0 Å². The van der Waals surface area contributed by atoms with Gasteiger partial charge < -0.3 is 4.74 Å². The second-order valence-electron chi connectivity index (χ2n) is 5.09. The zero-order valence-electron chi connectivity index (χ0n) is 12.8. The Hall–Kier alpha value is -1.76. The van der Waals surface area contributed by atoms with Crippen molar-refractivity contribution in [1.82, 2.24) is 4.72 Å². The molecular weight excluding hydrogens is 302 g/mol. The summed E-state index contributed by atoms with van der Waals surface area (Å²) in [5.74, 6) is -0.177. The molecule has 1 aromatic carbocycles. The summed E-state index contributed by atoms with van der Waals surface area (Å²) in [4.78, 5) is 11.8. The third kappa shape index (κ3) is 3.04. The highest BCUT2D eigenvalue weighted by molar-refractivity contribution is 7.89. The second kappa shape index (κ2) is 6.16. The lowest BCUT2D eigenvalue weighted by molar-refractivity contribution is -0.111. The molecule has 0 atom stereocenters. The van der Waals surface area contributed by atoms with E-state index in [-0.39, 0.29) is 10.7 Å². The lowest BCUT2D eigenvalue weighted by Gasteiger charge is -2.37. The molecule has 0 aliphatic heterocycles. The zero-order chi connectivity index (χ0) is 16.4. The first-order valence-electron chi connectivity index (χ1n) is 6.96. The minimum Gasteiger partial charge on any atom is -0.352 e. The number of carbonyl (C=O) groups is 1. The van der Waals surface area contributed by atoms with Gasteiger partial charge in [-0.1, -0.05) is 18.2 Å². The predicted molar refractivity (Wildman–Crippen MR) is 83.6 cm³/mol. The van der Waals surface area contributed by atoms with Gasteiger partial charge in [0.25, 0.3) is 0 Å². The van der Waals surface area contributed by atoms with Crippen LogP contribution in [0.2, 0.25) is 0 Å². The van der Waals surface area contributed by atoms with Gasteiger partial charge in [0.2, 0.25) is 10.0 Å². The molecule has 5 nitrogen and oxygen atoms in total. The van der Waals surface area contributed by atoms with Gasteiger partial charge >= 0.3 is 0 Å². The summed E-state index contributed by atoms with van der Waals surface area (Å²) < 4.78 is 33.6. The zero-order valence-corrected chi connectivity index (χ0v) is 13.6. The number of ether oxygens (including phenoxy) is 1. The molecule has 1 N–H and O–H groups in total. The summed E-state index contributed by atoms with van der Waals surface area (Å²) in [6, 6.07) is 8.06. The normalized spacial score (nSPS) is 17.9. The van der Waals surface area contributed by atoms with Crippen molar-refractivity contribution in [3.8, 4) is 0 Å². The summed E-state index contributed by atoms with van der Waals surface area (Å²) in [5.41, 5.74) is -0.296. The van der Waals surface area contributed by atoms with Crippen LogP contribution in [0.15, 0.2) is 58.5 Å². The molecule has 0 bridgehead atoms. The van der Waals surface area contributed by atoms with Crippen LogP contribution >= 0.6 is 0 Å². The van der Waals surface area contributed by atoms with Crippen LogP contribution in [-0.2, 0) is 19.6 Å². The van der Waals surface area contributed by atoms with Crippen molar-refractivity contribution in [2.75, 3.05) is 6.61 Å². The van der Waals surface area contributed by atoms with E-state index >= 15 is 0 Å². The van der Waals surface area contributed by atoms with Crippen LogP contribution in [0.4, 0.5) is 0 Å². The lowest BCUT2D eigenvalue weighted by Crippen LogP contribution is -2.53. The maximum Gasteiger partial charge on any atom is 0.243 e. The Balaban J connectivity index is 2.48. The first-order chi connectivity index (χ1) is 10.3. The van der Waals surface area contributed by atoms with E-state index < -0.39 is 15.7 Å². The summed E-state index contributed by atoms with van der Waals surface area (Å²) in [6.07, 6.45) is 2.77. The number of hydrogen-bond donors (Lipinski definition) is 1. The van der Waals surface area contributed by atoms with E-state index in [1.165, 1.54) is 24.3 Å². The van der Waals surface area contributed by atoms with Crippen molar-refractivity contribution in [2.45, 2.75) is 31.4 Å². The number of nitrogens with one attached hydrogen (secondary N) is 1. The molecule has 0 radical (unpaired) electrons. The minimum absolute atomic E-state index is 0.145. The molecule has 0 heterocycles. The highest BCUT2D eigenvalue weighted by atomic mass is 32.2. The molecule has 22 heavy (non-hydrogen) atoms. The third-order valence-corrected chi connectivity index (χ3v) is 4.97. The molecule has 0 spiro atoms. The Labute approximate surface area is 130 Å². The van der Waals surface area contributed by atoms with E-state index in [4.69, 9.17) is 4.74 Å². The van der Waals surface area contributed by atoms with Crippen LogP contribution in [0, 0.1) is 0 Å². The monoisotopic (exact) mass is 321 g/mol. The molecule has 1 aliphatic rings. The van der Waals surface area contributed by atoms with Crippen molar-refractivity contribution >= 4 is 15.8 Å². The number of allylic oxidation sites excluding steroid dienone is 2. The second-order valence-corrected chi connectivity index (χ2v) is 6.77. The van der Waals surface area contributed by atoms with Gasteiger partial charge in [0, 0.05) is 6.61 Å². The topological polar surface area (TPSA) is 72.5 Å². The number of benzene rings is 1. The van der Waals surface area contributed by atoms with Crippen LogP contribution in [0.1, 0.15) is 20.8 Å². The average Bonchev–Trinajstić information content (AvgIpc) is 2.45. The van der Waals surface area contributed by atoms with E-state index in [2.05, 4.69) is 4.72 Å². The van der Waals surface area contributed by atoms with Gasteiger partial charge in [-0.15, -0.1) is 0 Å². The fraction of sp³-hybridized carbons (Fsp3) is 0.312. The van der Waals surface area contributed by atoms with Gasteiger partial charge in [-0.2, -0.15) is 4.72 Å². The van der Waals surface area contributed by atoms with Gasteiger partial charge in [-0.25, -0.2) is 8.42 Å². The Kier molecular flexibility index (Phi) is 4.65. The molecule has 0 amide bonds. The van der Waals surface area contributed by atoms with Crippen molar-refractivity contribution < 1.29 is 17.9 Å². The Morgan fingerprint density at radius 1 is 1.09 bits per heavy atom. The van der Waals surface area contributed by atoms with Gasteiger partial charge in [0.1, 0.15) is 0 Å². The van der Waals surface area contributed by atoms with E-state index in [1.54, 1.807) is 39.0 Å². The standard InChI is InChI=1S/C16H19NO4S/c1-4-21-16(12(2)10-14(18)11-13(16)3)17-22(19,20)15-8-6-5-7-9-15/h5-11,17H,4H2,1-3H3. The first-order valence-corrected chi connectivity index (χ1v) is 8.44. The van der Waals surface area contributed by atoms with Gasteiger partial charge in [-0.05, 0) is 56.2 Å². The highest BCUT2D eigenvalue weighted by Gasteiger charge is 2.41. The van der Waals surface area contributed by atoms with Crippen LogP contribution in [0.5, 0.6) is 0 Å². The fourth-order valence-corrected chi connectivity index (χ4v) is 3.86. The Bertz CT molecular complexity index is 711. The summed E-state index contributed by atoms with van der Waals surface area (Å²) >= 11 is 0. The van der Waals surface area contributed by atoms with Gasteiger partial charge in [0.05, 0.1) is 4.90 Å².